The van der Waals surface area contributed by atoms with Crippen LogP contribution >= 0.6 is 0 Å². The molecule has 0 aromatic heterocycles. The van der Waals surface area contributed by atoms with Crippen molar-refractivity contribution in [3.63, 3.8) is 0 Å². The highest BCUT2D eigenvalue weighted by atomic mass is 16.6. The first-order valence-electron chi connectivity index (χ1n) is 21.9. The molecule has 0 aliphatic carbocycles. The molecule has 2 saturated heterocycles. The van der Waals surface area contributed by atoms with Crippen LogP contribution in [-0.2, 0) is 40.6 Å². The summed E-state index contributed by atoms with van der Waals surface area (Å²) in [6.07, 6.45) is -0.399. The van der Waals surface area contributed by atoms with Gasteiger partial charge in [-0.25, -0.2) is 9.69 Å². The Balaban J connectivity index is 1.41. The van der Waals surface area contributed by atoms with Crippen molar-refractivity contribution < 1.29 is 43.2 Å². The Kier molecular flexibility index (Phi) is 14.1. The highest BCUT2D eigenvalue weighted by Gasteiger charge is 2.76. The predicted molar refractivity (Wildman–Crippen MR) is 247 cm³/mol. The fourth-order valence-corrected chi connectivity index (χ4v) is 9.72. The van der Waals surface area contributed by atoms with Gasteiger partial charge in [0.1, 0.15) is 36.5 Å². The summed E-state index contributed by atoms with van der Waals surface area (Å²) in [5, 5.41) is 13.0. The zero-order valence-electron chi connectivity index (χ0n) is 36.9. The van der Waals surface area contributed by atoms with Gasteiger partial charge in [-0.05, 0) is 53.6 Å². The molecular formula is C53H52N4O9. The number of hydrogen-bond donors (Lipinski definition) is 2. The molecule has 8 rings (SSSR count). The number of nitrogens with zero attached hydrogens (tertiary/aromatic N) is 3. The summed E-state index contributed by atoms with van der Waals surface area (Å²) in [6.45, 7) is 4.38. The standard InChI is InChI=1S/C53H52N4O9/c1-4-28-54-49(59)44-46-50(60)66-47(39-22-12-7-13-23-39)45(38-20-10-6-11-21-38)57(46)48(40-24-14-15-25-43(40)64-31-30-58)53(44)41-34-36(19-16-29-55(2)35-37-17-8-5-9-18-37)26-27-42(41)56(51(53)61)52(62)65-33-32-63-3/h4-15,17-18,20-27,34,44-48,58H,1,28-33,35H2,2-3H3,(H,54,59)/t44-,45-,46-,47+,48+,53-/m1/s1. The highest BCUT2D eigenvalue weighted by Crippen LogP contribution is 2.66. The van der Waals surface area contributed by atoms with E-state index in [1.807, 2.05) is 103 Å². The number of fused-ring (bicyclic) bond motifs is 3. The van der Waals surface area contributed by atoms with E-state index in [2.05, 4.69) is 28.6 Å². The van der Waals surface area contributed by atoms with E-state index in [1.165, 1.54) is 13.2 Å². The molecule has 5 aromatic carbocycles. The minimum Gasteiger partial charge on any atom is -0.491 e. The van der Waals surface area contributed by atoms with Crippen LogP contribution < -0.4 is 15.0 Å². The summed E-state index contributed by atoms with van der Waals surface area (Å²) in [5.74, 6) is 3.16. The fraction of sp³-hybridized carbons (Fsp3) is 0.283. The van der Waals surface area contributed by atoms with Crippen molar-refractivity contribution in [2.45, 2.75) is 36.2 Å². The van der Waals surface area contributed by atoms with Gasteiger partial charge >= 0.3 is 12.1 Å². The molecule has 0 saturated carbocycles. The van der Waals surface area contributed by atoms with Crippen LogP contribution in [0.25, 0.3) is 0 Å². The molecule has 6 atom stereocenters. The summed E-state index contributed by atoms with van der Waals surface area (Å²) >= 11 is 0. The van der Waals surface area contributed by atoms with Crippen LogP contribution in [0.1, 0.15) is 51.6 Å². The molecule has 3 aliphatic rings. The van der Waals surface area contributed by atoms with E-state index in [0.717, 1.165) is 16.0 Å². The Bertz CT molecular complexity index is 2620. The normalized spacial score (nSPS) is 21.9. The van der Waals surface area contributed by atoms with Crippen molar-refractivity contribution in [2.24, 2.45) is 5.92 Å². The first-order chi connectivity index (χ1) is 32.2. The predicted octanol–water partition coefficient (Wildman–Crippen LogP) is 6.29. The number of hydrogen-bond acceptors (Lipinski definition) is 11. The van der Waals surface area contributed by atoms with E-state index in [4.69, 9.17) is 18.9 Å². The van der Waals surface area contributed by atoms with Crippen molar-refractivity contribution in [1.82, 2.24) is 15.1 Å². The second-order valence-electron chi connectivity index (χ2n) is 16.3. The summed E-state index contributed by atoms with van der Waals surface area (Å²) in [6, 6.07) is 37.6. The monoisotopic (exact) mass is 888 g/mol. The van der Waals surface area contributed by atoms with Crippen molar-refractivity contribution in [3.8, 4) is 17.6 Å². The number of rotatable bonds is 15. The minimum absolute atomic E-state index is 0.00857. The van der Waals surface area contributed by atoms with Gasteiger partial charge in [-0.15, -0.1) is 6.58 Å². The zero-order chi connectivity index (χ0) is 46.2. The zero-order valence-corrected chi connectivity index (χ0v) is 36.9. The molecule has 0 radical (unpaired) electrons. The molecule has 66 heavy (non-hydrogen) atoms. The molecule has 13 heteroatoms. The first kappa shape index (κ1) is 45.5. The number of anilines is 1. The summed E-state index contributed by atoms with van der Waals surface area (Å²) in [7, 11) is 3.44. The van der Waals surface area contributed by atoms with E-state index in [9.17, 15) is 9.90 Å². The number of aliphatic hydroxyl groups is 1. The van der Waals surface area contributed by atoms with E-state index < -0.39 is 59.4 Å². The quantitative estimate of drug-likeness (QED) is 0.0529. The molecular weight excluding hydrogens is 837 g/mol. The van der Waals surface area contributed by atoms with Crippen LogP contribution in [0.4, 0.5) is 10.5 Å². The number of carbonyl (C=O) groups is 4. The van der Waals surface area contributed by atoms with E-state index in [0.29, 0.717) is 35.5 Å². The lowest BCUT2D eigenvalue weighted by Gasteiger charge is -2.46. The molecule has 3 heterocycles. The molecule has 5 aromatic rings. The van der Waals surface area contributed by atoms with Crippen molar-refractivity contribution in [1.29, 1.82) is 0 Å². The van der Waals surface area contributed by atoms with E-state index >= 15 is 14.4 Å². The number of morpholine rings is 1. The third kappa shape index (κ3) is 8.59. The summed E-state index contributed by atoms with van der Waals surface area (Å²) < 4.78 is 23.7. The van der Waals surface area contributed by atoms with Crippen LogP contribution in [-0.4, -0.2) is 98.5 Å². The molecule has 0 unspecified atom stereocenters. The van der Waals surface area contributed by atoms with Gasteiger partial charge in [0, 0.05) is 31.3 Å². The average Bonchev–Trinajstić information content (AvgIpc) is 3.79. The van der Waals surface area contributed by atoms with Crippen molar-refractivity contribution in [3.05, 3.63) is 179 Å². The van der Waals surface area contributed by atoms with Gasteiger partial charge in [-0.3, -0.25) is 24.2 Å². The van der Waals surface area contributed by atoms with E-state index in [1.54, 1.807) is 42.5 Å². The Morgan fingerprint density at radius 1 is 0.879 bits per heavy atom. The van der Waals surface area contributed by atoms with Gasteiger partial charge < -0.3 is 29.4 Å². The maximum atomic E-state index is 16.3. The topological polar surface area (TPSA) is 147 Å². The second-order valence-corrected chi connectivity index (χ2v) is 16.3. The number of benzene rings is 5. The maximum Gasteiger partial charge on any atom is 0.421 e. The average molecular weight is 889 g/mol. The number of cyclic esters (lactones) is 1. The van der Waals surface area contributed by atoms with Crippen LogP contribution in [0.2, 0.25) is 0 Å². The number of aliphatic hydroxyl groups excluding tert-OH is 1. The Hall–Kier alpha value is -7.08. The molecule has 0 bridgehead atoms. The molecule has 2 N–H and O–H groups in total. The van der Waals surface area contributed by atoms with Gasteiger partial charge in [-0.2, -0.15) is 0 Å². The number of esters is 1. The fourth-order valence-electron chi connectivity index (χ4n) is 9.72. The Morgan fingerprint density at radius 2 is 1.56 bits per heavy atom. The van der Waals surface area contributed by atoms with Gasteiger partial charge in [0.15, 0.2) is 0 Å². The summed E-state index contributed by atoms with van der Waals surface area (Å²) in [4.78, 5) is 66.2. The van der Waals surface area contributed by atoms with Crippen LogP contribution in [0.15, 0.2) is 146 Å². The Labute approximate surface area is 384 Å². The number of amides is 3. The van der Waals surface area contributed by atoms with Gasteiger partial charge in [0.2, 0.25) is 11.8 Å². The Morgan fingerprint density at radius 3 is 2.26 bits per heavy atom. The number of para-hydroxylation sites is 1. The van der Waals surface area contributed by atoms with Crippen molar-refractivity contribution >= 4 is 29.6 Å². The number of ether oxygens (including phenoxy) is 4. The number of methoxy groups -OCH3 is 1. The van der Waals surface area contributed by atoms with Crippen LogP contribution in [0.5, 0.6) is 5.75 Å². The molecule has 13 nitrogen and oxygen atoms in total. The summed E-state index contributed by atoms with van der Waals surface area (Å²) in [5.41, 5.74) is 1.90. The smallest absolute Gasteiger partial charge is 0.421 e. The second kappa shape index (κ2) is 20.4. The molecule has 338 valence electrons. The maximum absolute atomic E-state index is 16.3. The molecule has 3 aliphatic heterocycles. The lowest BCUT2D eigenvalue weighted by molar-refractivity contribution is -0.178. The number of nitrogens with one attached hydrogen (secondary N) is 1. The lowest BCUT2D eigenvalue weighted by atomic mass is 9.65. The molecule has 3 amide bonds. The third-order valence-electron chi connectivity index (χ3n) is 12.3. The number of imide groups is 1. The van der Waals surface area contributed by atoms with E-state index in [-0.39, 0.29) is 44.2 Å². The van der Waals surface area contributed by atoms with Gasteiger partial charge in [0.25, 0.3) is 0 Å². The van der Waals surface area contributed by atoms with Crippen LogP contribution in [0, 0.1) is 17.8 Å². The third-order valence-corrected chi connectivity index (χ3v) is 12.3. The largest absolute Gasteiger partial charge is 0.491 e. The molecule has 1 spiro atoms. The lowest BCUT2D eigenvalue weighted by Crippen LogP contribution is -2.55. The van der Waals surface area contributed by atoms with Gasteiger partial charge in [-0.1, -0.05) is 127 Å². The van der Waals surface area contributed by atoms with Crippen molar-refractivity contribution in [2.75, 3.05) is 58.6 Å². The SMILES string of the molecule is C=CCNC(=O)[C@H]1[C@@H]2C(=O)O[C@@H](c3ccccc3)[C@@H](c3ccccc3)N2[C@@H](c2ccccc2OCCO)[C@]12C(=O)N(C(=O)OCCOC)c1ccc(C#CCN(C)Cc3ccccc3)cc12. The first-order valence-corrected chi connectivity index (χ1v) is 21.9. The molecule has 2 fully saturated rings. The van der Waals surface area contributed by atoms with Crippen LogP contribution in [0.3, 0.4) is 0 Å². The number of carbonyl (C=O) groups excluding carboxylic acids is 4. The highest BCUT2D eigenvalue weighted by molar-refractivity contribution is 6.23. The minimum atomic E-state index is -2.05. The van der Waals surface area contributed by atoms with Gasteiger partial charge in [0.05, 0.1) is 43.4 Å².